The molecule has 2 saturated heterocycles. The number of benzene rings is 1. The number of halogens is 1. The first kappa shape index (κ1) is 17.5. The van der Waals surface area contributed by atoms with Gasteiger partial charge in [0.15, 0.2) is 0 Å². The summed E-state index contributed by atoms with van der Waals surface area (Å²) in [5.41, 5.74) is 1.29. The molecule has 0 bridgehead atoms. The molecule has 2 aliphatic rings. The summed E-state index contributed by atoms with van der Waals surface area (Å²) in [4.78, 5) is 13.8. The van der Waals surface area contributed by atoms with E-state index >= 15 is 0 Å². The van der Waals surface area contributed by atoms with Crippen LogP contribution in [0.2, 0.25) is 5.02 Å². The molecule has 1 aromatic heterocycles. The summed E-state index contributed by atoms with van der Waals surface area (Å²) in [6, 6.07) is 10.4. The smallest absolute Gasteiger partial charge is 0.224 e. The Bertz CT molecular complexity index is 720. The summed E-state index contributed by atoms with van der Waals surface area (Å²) in [5, 5.41) is 4.29. The number of nitrogens with one attached hydrogen (secondary N) is 1. The zero-order valence-electron chi connectivity index (χ0n) is 14.8. The molecule has 7 heteroatoms. The number of hydrogen-bond acceptors (Lipinski definition) is 6. The number of likely N-dealkylation sites (tertiary alicyclic amines) is 1. The molecule has 0 spiro atoms. The lowest BCUT2D eigenvalue weighted by atomic mass is 10.2. The molecule has 1 unspecified atom stereocenters. The van der Waals surface area contributed by atoms with Crippen LogP contribution in [0, 0.1) is 0 Å². The molecule has 3 heterocycles. The number of rotatable bonds is 5. The van der Waals surface area contributed by atoms with Crippen LogP contribution in [0.15, 0.2) is 36.5 Å². The van der Waals surface area contributed by atoms with Crippen LogP contribution >= 0.6 is 11.6 Å². The van der Waals surface area contributed by atoms with Gasteiger partial charge >= 0.3 is 0 Å². The molecule has 6 nitrogen and oxygen atoms in total. The summed E-state index contributed by atoms with van der Waals surface area (Å²) >= 11 is 5.96. The highest BCUT2D eigenvalue weighted by atomic mass is 35.5. The Kier molecular flexibility index (Phi) is 5.53. The van der Waals surface area contributed by atoms with Crippen LogP contribution in [0.1, 0.15) is 12.0 Å². The number of hydrogen-bond donors (Lipinski definition) is 1. The van der Waals surface area contributed by atoms with Crippen LogP contribution in [0.25, 0.3) is 0 Å². The van der Waals surface area contributed by atoms with Crippen LogP contribution in [-0.4, -0.2) is 60.3 Å². The van der Waals surface area contributed by atoms with E-state index in [1.54, 1.807) is 0 Å². The number of ether oxygens (including phenoxy) is 1. The Morgan fingerprint density at radius 2 is 1.92 bits per heavy atom. The van der Waals surface area contributed by atoms with E-state index in [1.807, 2.05) is 24.4 Å². The lowest BCUT2D eigenvalue weighted by molar-refractivity contribution is 0.122. The van der Waals surface area contributed by atoms with Gasteiger partial charge in [-0.25, -0.2) is 4.98 Å². The average Bonchev–Trinajstić information content (AvgIpc) is 3.11. The largest absolute Gasteiger partial charge is 0.378 e. The lowest BCUT2D eigenvalue weighted by Gasteiger charge is -2.28. The topological polar surface area (TPSA) is 53.5 Å². The van der Waals surface area contributed by atoms with Gasteiger partial charge in [-0.3, -0.25) is 4.90 Å². The summed E-state index contributed by atoms with van der Waals surface area (Å²) < 4.78 is 5.41. The quantitative estimate of drug-likeness (QED) is 0.869. The van der Waals surface area contributed by atoms with Gasteiger partial charge in [-0.2, -0.15) is 4.98 Å². The summed E-state index contributed by atoms with van der Waals surface area (Å²) in [6.07, 6.45) is 2.93. The van der Waals surface area contributed by atoms with E-state index < -0.39 is 0 Å². The molecule has 1 aromatic carbocycles. The second kappa shape index (κ2) is 8.20. The number of aromatic nitrogens is 2. The standard InChI is InChI=1S/C19H24ClN5O/c20-16-3-1-15(2-4-16)13-24-8-6-17(14-24)22-19-21-7-5-18(23-19)25-9-11-26-12-10-25/h1-5,7,17H,6,8-14H2,(H,21,22,23). The normalized spacial score (nSPS) is 21.1. The molecule has 2 aliphatic heterocycles. The fourth-order valence-electron chi connectivity index (χ4n) is 3.51. The van der Waals surface area contributed by atoms with Crippen molar-refractivity contribution in [3.63, 3.8) is 0 Å². The second-order valence-electron chi connectivity index (χ2n) is 6.83. The van der Waals surface area contributed by atoms with Gasteiger partial charge in [-0.1, -0.05) is 23.7 Å². The van der Waals surface area contributed by atoms with E-state index in [0.717, 1.165) is 63.2 Å². The molecular weight excluding hydrogens is 350 g/mol. The van der Waals surface area contributed by atoms with Gasteiger partial charge in [0.2, 0.25) is 5.95 Å². The van der Waals surface area contributed by atoms with Crippen LogP contribution in [0.3, 0.4) is 0 Å². The van der Waals surface area contributed by atoms with Crippen molar-refractivity contribution >= 4 is 23.4 Å². The second-order valence-corrected chi connectivity index (χ2v) is 7.27. The predicted octanol–water partition coefficient (Wildman–Crippen LogP) is 2.65. The Balaban J connectivity index is 1.32. The van der Waals surface area contributed by atoms with Gasteiger partial charge in [0.1, 0.15) is 5.82 Å². The first-order valence-electron chi connectivity index (χ1n) is 9.15. The van der Waals surface area contributed by atoms with Crippen molar-refractivity contribution in [2.45, 2.75) is 19.0 Å². The van der Waals surface area contributed by atoms with Gasteiger partial charge < -0.3 is 15.0 Å². The van der Waals surface area contributed by atoms with E-state index in [4.69, 9.17) is 21.3 Å². The third kappa shape index (κ3) is 4.44. The average molecular weight is 374 g/mol. The first-order valence-corrected chi connectivity index (χ1v) is 9.53. The highest BCUT2D eigenvalue weighted by molar-refractivity contribution is 6.30. The zero-order valence-corrected chi connectivity index (χ0v) is 15.5. The minimum absolute atomic E-state index is 0.377. The maximum Gasteiger partial charge on any atom is 0.224 e. The maximum atomic E-state index is 5.96. The SMILES string of the molecule is Clc1ccc(CN2CCC(Nc3nccc(N4CCOCC4)n3)C2)cc1. The molecule has 2 aromatic rings. The Morgan fingerprint density at radius 1 is 1.12 bits per heavy atom. The fourth-order valence-corrected chi connectivity index (χ4v) is 3.64. The van der Waals surface area contributed by atoms with Crippen molar-refractivity contribution < 1.29 is 4.74 Å². The van der Waals surface area contributed by atoms with Crippen LogP contribution < -0.4 is 10.2 Å². The first-order chi connectivity index (χ1) is 12.8. The molecule has 0 aliphatic carbocycles. The van der Waals surface area contributed by atoms with E-state index in [9.17, 15) is 0 Å². The van der Waals surface area contributed by atoms with Crippen molar-refractivity contribution in [3.05, 3.63) is 47.1 Å². The highest BCUT2D eigenvalue weighted by Gasteiger charge is 2.23. The third-order valence-electron chi connectivity index (χ3n) is 4.90. The molecule has 138 valence electrons. The van der Waals surface area contributed by atoms with Crippen molar-refractivity contribution in [1.29, 1.82) is 0 Å². The Morgan fingerprint density at radius 3 is 2.73 bits per heavy atom. The van der Waals surface area contributed by atoms with Crippen molar-refractivity contribution in [3.8, 4) is 0 Å². The molecular formula is C19H24ClN5O. The summed E-state index contributed by atoms with van der Waals surface area (Å²) in [6.45, 7) is 6.30. The van der Waals surface area contributed by atoms with Crippen molar-refractivity contribution in [2.75, 3.05) is 49.6 Å². The van der Waals surface area contributed by atoms with Crippen LogP contribution in [0.4, 0.5) is 11.8 Å². The molecule has 2 fully saturated rings. The summed E-state index contributed by atoms with van der Waals surface area (Å²) in [7, 11) is 0. The molecule has 1 N–H and O–H groups in total. The molecule has 0 radical (unpaired) electrons. The fraction of sp³-hybridized carbons (Fsp3) is 0.474. The molecule has 0 amide bonds. The molecule has 26 heavy (non-hydrogen) atoms. The van der Waals surface area contributed by atoms with Crippen LogP contribution in [-0.2, 0) is 11.3 Å². The Hall–Kier alpha value is -1.89. The minimum Gasteiger partial charge on any atom is -0.378 e. The number of nitrogens with zero attached hydrogens (tertiary/aromatic N) is 4. The van der Waals surface area contributed by atoms with E-state index in [1.165, 1.54) is 5.56 Å². The van der Waals surface area contributed by atoms with E-state index in [2.05, 4.69) is 32.2 Å². The third-order valence-corrected chi connectivity index (χ3v) is 5.15. The number of anilines is 2. The molecule has 1 atom stereocenters. The maximum absolute atomic E-state index is 5.96. The molecule has 0 saturated carbocycles. The highest BCUT2D eigenvalue weighted by Crippen LogP contribution is 2.19. The van der Waals surface area contributed by atoms with Crippen LogP contribution in [0.5, 0.6) is 0 Å². The molecule has 4 rings (SSSR count). The van der Waals surface area contributed by atoms with Gasteiger partial charge in [0.25, 0.3) is 0 Å². The summed E-state index contributed by atoms with van der Waals surface area (Å²) in [5.74, 6) is 1.69. The lowest BCUT2D eigenvalue weighted by Crippen LogP contribution is -2.37. The number of morpholine rings is 1. The van der Waals surface area contributed by atoms with Gasteiger partial charge in [0, 0.05) is 50.0 Å². The zero-order chi connectivity index (χ0) is 17.8. The Labute approximate surface area is 159 Å². The van der Waals surface area contributed by atoms with E-state index in [-0.39, 0.29) is 0 Å². The van der Waals surface area contributed by atoms with Crippen molar-refractivity contribution in [1.82, 2.24) is 14.9 Å². The minimum atomic E-state index is 0.377. The van der Waals surface area contributed by atoms with Gasteiger partial charge in [-0.15, -0.1) is 0 Å². The van der Waals surface area contributed by atoms with E-state index in [0.29, 0.717) is 12.0 Å². The van der Waals surface area contributed by atoms with Gasteiger partial charge in [-0.05, 0) is 30.2 Å². The van der Waals surface area contributed by atoms with Crippen molar-refractivity contribution in [2.24, 2.45) is 0 Å². The van der Waals surface area contributed by atoms with Gasteiger partial charge in [0.05, 0.1) is 13.2 Å². The monoisotopic (exact) mass is 373 g/mol. The predicted molar refractivity (Wildman–Crippen MR) is 104 cm³/mol.